The number of amides is 1. The lowest BCUT2D eigenvalue weighted by atomic mass is 10.2. The van der Waals surface area contributed by atoms with Crippen LogP contribution >= 0.6 is 15.9 Å². The first-order valence-corrected chi connectivity index (χ1v) is 10.0. The van der Waals surface area contributed by atoms with Crippen LogP contribution in [0.3, 0.4) is 0 Å². The van der Waals surface area contributed by atoms with Gasteiger partial charge in [0.05, 0.1) is 6.61 Å². The Morgan fingerprint density at radius 2 is 1.83 bits per heavy atom. The van der Waals surface area contributed by atoms with E-state index < -0.39 is 5.82 Å². The molecular formula is C22H20BrFN2O4. The maximum atomic E-state index is 13.7. The van der Waals surface area contributed by atoms with E-state index in [9.17, 15) is 9.18 Å². The second-order valence-corrected chi connectivity index (χ2v) is 7.06. The highest BCUT2D eigenvalue weighted by Crippen LogP contribution is 2.23. The molecule has 3 aromatic rings. The Hall–Kier alpha value is -3.13. The van der Waals surface area contributed by atoms with Crippen molar-refractivity contribution in [2.24, 2.45) is 0 Å². The van der Waals surface area contributed by atoms with Gasteiger partial charge in [-0.05, 0) is 61.0 Å². The van der Waals surface area contributed by atoms with E-state index in [4.69, 9.17) is 14.2 Å². The minimum atomic E-state index is -0.539. The van der Waals surface area contributed by atoms with Crippen LogP contribution in [0.15, 0.2) is 65.3 Å². The number of hydrogen-bond donors (Lipinski definition) is 1. The van der Waals surface area contributed by atoms with Gasteiger partial charge in [0.15, 0.2) is 18.2 Å². The first-order valence-electron chi connectivity index (χ1n) is 9.23. The Balaban J connectivity index is 1.50. The van der Waals surface area contributed by atoms with Gasteiger partial charge in [-0.1, -0.05) is 15.9 Å². The van der Waals surface area contributed by atoms with E-state index in [1.165, 1.54) is 12.1 Å². The molecule has 30 heavy (non-hydrogen) atoms. The second kappa shape index (κ2) is 10.6. The maximum absolute atomic E-state index is 13.7. The molecule has 0 bridgehead atoms. The fourth-order valence-electron chi connectivity index (χ4n) is 2.49. The zero-order valence-electron chi connectivity index (χ0n) is 16.2. The average molecular weight is 475 g/mol. The van der Waals surface area contributed by atoms with Crippen molar-refractivity contribution in [1.29, 1.82) is 0 Å². The predicted molar refractivity (Wildman–Crippen MR) is 113 cm³/mol. The molecule has 0 spiro atoms. The highest BCUT2D eigenvalue weighted by molar-refractivity contribution is 9.10. The van der Waals surface area contributed by atoms with E-state index >= 15 is 0 Å². The normalized spacial score (nSPS) is 10.4. The van der Waals surface area contributed by atoms with Gasteiger partial charge in [0.1, 0.15) is 11.5 Å². The molecule has 0 aliphatic carbocycles. The van der Waals surface area contributed by atoms with Gasteiger partial charge in [-0.3, -0.25) is 4.79 Å². The summed E-state index contributed by atoms with van der Waals surface area (Å²) in [4.78, 5) is 16.2. The van der Waals surface area contributed by atoms with E-state index in [-0.39, 0.29) is 24.8 Å². The van der Waals surface area contributed by atoms with E-state index in [0.29, 0.717) is 22.7 Å². The van der Waals surface area contributed by atoms with Crippen molar-refractivity contribution in [2.45, 2.75) is 13.5 Å². The van der Waals surface area contributed by atoms with E-state index in [1.807, 2.05) is 19.1 Å². The molecule has 1 N–H and O–H groups in total. The molecule has 0 aliphatic rings. The molecule has 8 heteroatoms. The van der Waals surface area contributed by atoms with Crippen LogP contribution in [0.25, 0.3) is 0 Å². The summed E-state index contributed by atoms with van der Waals surface area (Å²) in [6.45, 7) is 2.48. The monoisotopic (exact) mass is 474 g/mol. The highest BCUT2D eigenvalue weighted by Gasteiger charge is 2.08. The minimum absolute atomic E-state index is 0.0169. The number of nitrogens with one attached hydrogen (secondary N) is 1. The number of rotatable bonds is 9. The molecule has 156 valence electrons. The molecule has 1 aromatic heterocycles. The zero-order valence-corrected chi connectivity index (χ0v) is 17.8. The van der Waals surface area contributed by atoms with Gasteiger partial charge in [-0.15, -0.1) is 0 Å². The molecule has 0 atom stereocenters. The molecule has 0 saturated carbocycles. The largest absolute Gasteiger partial charge is 0.494 e. The summed E-state index contributed by atoms with van der Waals surface area (Å²) in [5.41, 5.74) is 0.800. The summed E-state index contributed by atoms with van der Waals surface area (Å²) in [6, 6.07) is 15.1. The van der Waals surface area contributed by atoms with Gasteiger partial charge < -0.3 is 19.5 Å². The van der Waals surface area contributed by atoms with Crippen molar-refractivity contribution in [3.8, 4) is 23.1 Å². The van der Waals surface area contributed by atoms with Gasteiger partial charge in [0.25, 0.3) is 5.91 Å². The minimum Gasteiger partial charge on any atom is -0.494 e. The van der Waals surface area contributed by atoms with Crippen LogP contribution in [-0.4, -0.2) is 24.1 Å². The Kier molecular flexibility index (Phi) is 7.62. The molecule has 6 nitrogen and oxygen atoms in total. The average Bonchev–Trinajstić information content (AvgIpc) is 2.73. The number of carbonyl (C=O) groups excluding carboxylic acids is 1. The molecule has 0 unspecified atom stereocenters. The molecule has 0 saturated heterocycles. The van der Waals surface area contributed by atoms with Crippen molar-refractivity contribution in [2.75, 3.05) is 13.2 Å². The smallest absolute Gasteiger partial charge is 0.258 e. The first kappa shape index (κ1) is 21.6. The van der Waals surface area contributed by atoms with Crippen molar-refractivity contribution in [3.05, 3.63) is 76.6 Å². The summed E-state index contributed by atoms with van der Waals surface area (Å²) in [5.74, 6) is 0.893. The number of carbonyl (C=O) groups is 1. The third-order valence-corrected chi connectivity index (χ3v) is 4.39. The van der Waals surface area contributed by atoms with Gasteiger partial charge >= 0.3 is 0 Å². The predicted octanol–water partition coefficient (Wildman–Crippen LogP) is 4.87. The van der Waals surface area contributed by atoms with Crippen LogP contribution in [-0.2, 0) is 11.3 Å². The quantitative estimate of drug-likeness (QED) is 0.479. The summed E-state index contributed by atoms with van der Waals surface area (Å²) in [6.07, 6.45) is 1.60. The highest BCUT2D eigenvalue weighted by atomic mass is 79.9. The van der Waals surface area contributed by atoms with E-state index in [2.05, 4.69) is 26.2 Å². The lowest BCUT2D eigenvalue weighted by molar-refractivity contribution is -0.123. The van der Waals surface area contributed by atoms with Crippen molar-refractivity contribution >= 4 is 21.8 Å². The Bertz CT molecular complexity index is 999. The number of nitrogens with zero attached hydrogens (tertiary/aromatic N) is 1. The molecule has 2 aromatic carbocycles. The Morgan fingerprint density at radius 3 is 2.57 bits per heavy atom. The zero-order chi connectivity index (χ0) is 21.3. The second-order valence-electron chi connectivity index (χ2n) is 6.15. The fourth-order valence-corrected chi connectivity index (χ4v) is 2.83. The van der Waals surface area contributed by atoms with Crippen LogP contribution in [0.5, 0.6) is 23.1 Å². The third kappa shape index (κ3) is 6.45. The molecule has 3 rings (SSSR count). The van der Waals surface area contributed by atoms with Crippen LogP contribution < -0.4 is 19.5 Å². The lowest BCUT2D eigenvalue weighted by Gasteiger charge is -2.10. The van der Waals surface area contributed by atoms with Crippen molar-refractivity contribution < 1.29 is 23.4 Å². The molecule has 1 amide bonds. The number of pyridine rings is 1. The number of aromatic nitrogens is 1. The summed E-state index contributed by atoms with van der Waals surface area (Å²) in [5, 5.41) is 2.72. The summed E-state index contributed by atoms with van der Waals surface area (Å²) >= 11 is 3.17. The Labute approximate surface area is 182 Å². The standard InChI is InChI=1S/C22H20BrFN2O4/c1-2-28-17-4-6-18(7-5-17)30-22-11-15(9-10-25-22)13-26-21(27)14-29-20-8-3-16(23)12-19(20)24/h3-12H,2,13-14H2,1H3,(H,26,27). The fraction of sp³-hybridized carbons (Fsp3) is 0.182. The van der Waals surface area contributed by atoms with E-state index in [0.717, 1.165) is 11.3 Å². The van der Waals surface area contributed by atoms with E-state index in [1.54, 1.807) is 36.5 Å². The molecule has 0 radical (unpaired) electrons. The van der Waals surface area contributed by atoms with Crippen LogP contribution in [0, 0.1) is 5.82 Å². The third-order valence-electron chi connectivity index (χ3n) is 3.90. The molecular weight excluding hydrogens is 455 g/mol. The summed E-state index contributed by atoms with van der Waals surface area (Å²) in [7, 11) is 0. The number of hydrogen-bond acceptors (Lipinski definition) is 5. The van der Waals surface area contributed by atoms with Gasteiger partial charge in [0, 0.05) is 23.3 Å². The number of benzene rings is 2. The lowest BCUT2D eigenvalue weighted by Crippen LogP contribution is -2.28. The van der Waals surface area contributed by atoms with Gasteiger partial charge in [-0.2, -0.15) is 0 Å². The SMILES string of the molecule is CCOc1ccc(Oc2cc(CNC(=O)COc3ccc(Br)cc3F)ccn2)cc1. The van der Waals surface area contributed by atoms with Gasteiger partial charge in [-0.25, -0.2) is 9.37 Å². The maximum Gasteiger partial charge on any atom is 0.258 e. The molecule has 0 fully saturated rings. The van der Waals surface area contributed by atoms with Crippen LogP contribution in [0.4, 0.5) is 4.39 Å². The summed E-state index contributed by atoms with van der Waals surface area (Å²) < 4.78 is 30.7. The first-order chi connectivity index (χ1) is 14.5. The van der Waals surface area contributed by atoms with Crippen molar-refractivity contribution in [1.82, 2.24) is 10.3 Å². The van der Waals surface area contributed by atoms with Gasteiger partial charge in [0.2, 0.25) is 5.88 Å². The molecule has 0 aliphatic heterocycles. The number of ether oxygens (including phenoxy) is 3. The van der Waals surface area contributed by atoms with Crippen LogP contribution in [0.1, 0.15) is 12.5 Å². The molecule has 1 heterocycles. The number of halogens is 2. The Morgan fingerprint density at radius 1 is 1.07 bits per heavy atom. The topological polar surface area (TPSA) is 69.7 Å². The van der Waals surface area contributed by atoms with Crippen LogP contribution in [0.2, 0.25) is 0 Å². The van der Waals surface area contributed by atoms with Crippen molar-refractivity contribution in [3.63, 3.8) is 0 Å².